The molecule has 0 bridgehead atoms. The number of anilines is 1. The van der Waals surface area contributed by atoms with Crippen molar-refractivity contribution in [3.05, 3.63) is 82.9 Å². The lowest BCUT2D eigenvalue weighted by Crippen LogP contribution is -2.36. The summed E-state index contributed by atoms with van der Waals surface area (Å²) in [6.07, 6.45) is 7.11. The fourth-order valence-corrected chi connectivity index (χ4v) is 6.36. The molecule has 1 saturated carbocycles. The third-order valence-corrected chi connectivity index (χ3v) is 8.53. The van der Waals surface area contributed by atoms with Crippen molar-refractivity contribution >= 4 is 23.7 Å². The van der Waals surface area contributed by atoms with Crippen molar-refractivity contribution in [3.63, 3.8) is 0 Å². The van der Waals surface area contributed by atoms with E-state index in [-0.39, 0.29) is 34.9 Å². The Labute approximate surface area is 221 Å². The van der Waals surface area contributed by atoms with E-state index in [9.17, 15) is 9.59 Å². The van der Waals surface area contributed by atoms with Gasteiger partial charge in [-0.1, -0.05) is 30.3 Å². The topological polar surface area (TPSA) is 76.2 Å². The van der Waals surface area contributed by atoms with Gasteiger partial charge in [-0.05, 0) is 66.0 Å². The van der Waals surface area contributed by atoms with Crippen LogP contribution in [0, 0.1) is 17.2 Å². The van der Waals surface area contributed by atoms with Crippen LogP contribution < -0.4 is 5.32 Å². The Kier molecular flexibility index (Phi) is 6.22. The van der Waals surface area contributed by atoms with E-state index >= 15 is 4.39 Å². The van der Waals surface area contributed by atoms with Crippen LogP contribution in [0.25, 0.3) is 0 Å². The summed E-state index contributed by atoms with van der Waals surface area (Å²) in [6.45, 7) is 1.15. The van der Waals surface area contributed by atoms with Gasteiger partial charge in [-0.2, -0.15) is 9.67 Å². The fourth-order valence-electron chi connectivity index (χ4n) is 6.36. The van der Waals surface area contributed by atoms with Crippen molar-refractivity contribution in [2.75, 3.05) is 25.6 Å². The molecule has 3 aromatic rings. The number of halogens is 1. The van der Waals surface area contributed by atoms with Gasteiger partial charge in [0.05, 0.1) is 6.61 Å². The predicted octanol–water partition coefficient (Wildman–Crippen LogP) is 4.29. The molecule has 1 spiro atoms. The average molecular weight is 516 g/mol. The van der Waals surface area contributed by atoms with Crippen LogP contribution in [-0.4, -0.2) is 52.6 Å². The second kappa shape index (κ2) is 9.58. The molecule has 196 valence electrons. The Morgan fingerprint density at radius 1 is 1.21 bits per heavy atom. The van der Waals surface area contributed by atoms with Gasteiger partial charge in [-0.15, -0.1) is 0 Å². The number of carbonyl (C=O) groups is 2. The van der Waals surface area contributed by atoms with E-state index in [4.69, 9.17) is 4.74 Å². The number of benzene rings is 2. The number of amides is 2. The highest BCUT2D eigenvalue weighted by molar-refractivity contribution is 6.03. The first-order chi connectivity index (χ1) is 18.4. The van der Waals surface area contributed by atoms with Gasteiger partial charge in [0.15, 0.2) is 11.9 Å². The number of aromatic nitrogens is 2. The van der Waals surface area contributed by atoms with Crippen molar-refractivity contribution in [2.45, 2.75) is 37.5 Å². The molecule has 0 radical (unpaired) electrons. The number of nitrogens with zero attached hydrogens (tertiary/aromatic N) is 3. The lowest BCUT2D eigenvalue weighted by atomic mass is 9.78. The third kappa shape index (κ3) is 4.36. The molecule has 2 fully saturated rings. The summed E-state index contributed by atoms with van der Waals surface area (Å²) in [5.74, 6) is -1.48. The predicted molar refractivity (Wildman–Crippen MR) is 141 cm³/mol. The molecule has 38 heavy (non-hydrogen) atoms. The number of nitrogens with one attached hydrogen (secondary N) is 1. The Balaban J connectivity index is 1.34. The van der Waals surface area contributed by atoms with Crippen LogP contribution in [0.15, 0.2) is 54.7 Å². The van der Waals surface area contributed by atoms with Gasteiger partial charge in [0.1, 0.15) is 18.8 Å². The molecule has 1 aromatic heterocycles. The number of rotatable bonds is 6. The Hall–Kier alpha value is -3.65. The molecule has 6 rings (SSSR count). The summed E-state index contributed by atoms with van der Waals surface area (Å²) in [4.78, 5) is 27.2. The van der Waals surface area contributed by atoms with E-state index in [1.807, 2.05) is 12.1 Å². The minimum absolute atomic E-state index is 0.0101. The fraction of sp³-hybridized carbons (Fsp3) is 0.400. The average Bonchev–Trinajstić information content (AvgIpc) is 3.24. The molecule has 1 aliphatic heterocycles. The van der Waals surface area contributed by atoms with Crippen molar-refractivity contribution in [1.29, 1.82) is 0 Å². The lowest BCUT2D eigenvalue weighted by Gasteiger charge is -2.25. The second-order valence-electron chi connectivity index (χ2n) is 10.9. The van der Waals surface area contributed by atoms with Gasteiger partial charge in [0, 0.05) is 37.4 Å². The zero-order valence-electron chi connectivity index (χ0n) is 21.7. The zero-order chi connectivity index (χ0) is 26.4. The molecule has 1 N–H and O–H groups in total. The number of fused-ring (bicyclic) bond motifs is 1. The van der Waals surface area contributed by atoms with E-state index in [1.54, 1.807) is 44.7 Å². The highest BCUT2D eigenvalue weighted by Crippen LogP contribution is 2.65. The smallest absolute Gasteiger partial charge is 0.381 e. The number of hydrogen-bond donors (Lipinski definition) is 1. The molecule has 7 nitrogen and oxygen atoms in total. The highest BCUT2D eigenvalue weighted by Gasteiger charge is 2.58. The zero-order valence-corrected chi connectivity index (χ0v) is 21.7. The molecule has 3 unspecified atom stereocenters. The summed E-state index contributed by atoms with van der Waals surface area (Å²) in [7, 11) is 3.39. The molecular formula is C30H32FN4O3+. The molecule has 2 amide bonds. The Morgan fingerprint density at radius 3 is 2.71 bits per heavy atom. The quantitative estimate of drug-likeness (QED) is 0.393. The second-order valence-corrected chi connectivity index (χ2v) is 10.9. The summed E-state index contributed by atoms with van der Waals surface area (Å²) >= 11 is 0. The number of aryl methyl sites for hydroxylation is 1. The van der Waals surface area contributed by atoms with Crippen LogP contribution in [0.1, 0.15) is 58.3 Å². The van der Waals surface area contributed by atoms with Crippen LogP contribution in [0.5, 0.6) is 0 Å². The summed E-state index contributed by atoms with van der Waals surface area (Å²) in [5.41, 5.74) is 3.89. The monoisotopic (exact) mass is 515 g/mol. The first-order valence-corrected chi connectivity index (χ1v) is 13.2. The molecule has 2 aliphatic carbocycles. The number of carbonyl (C=O) groups excluding carboxylic acids is 2. The van der Waals surface area contributed by atoms with Crippen molar-refractivity contribution in [1.82, 2.24) is 9.78 Å². The van der Waals surface area contributed by atoms with E-state index < -0.39 is 5.92 Å². The van der Waals surface area contributed by atoms with Gasteiger partial charge in [0.2, 0.25) is 5.91 Å². The third-order valence-electron chi connectivity index (χ3n) is 8.53. The molecule has 3 aliphatic rings. The van der Waals surface area contributed by atoms with E-state index in [0.29, 0.717) is 30.2 Å². The van der Waals surface area contributed by atoms with Gasteiger partial charge >= 0.3 is 5.91 Å². The molecule has 1 saturated heterocycles. The van der Waals surface area contributed by atoms with Crippen LogP contribution in [-0.2, 0) is 23.0 Å². The first kappa shape index (κ1) is 24.7. The maximum Gasteiger partial charge on any atom is 0.437 e. The van der Waals surface area contributed by atoms with E-state index in [2.05, 4.69) is 22.5 Å². The minimum atomic E-state index is -0.616. The standard InChI is InChI=1S/C30H31FN4O3/c1-34(29(37)26-9-13-32-35(26)2)17-24(27-23-6-4-3-5-19(23)16-30(27)11-12-30)28(36)33-21-7-8-22(25(31)15-21)20-10-14-38-18-20/h3-9,13,15,17,20,24,27H,10-12,14,16,18H2,1-2H3/p+1/b34-17+. The molecule has 2 aromatic carbocycles. The van der Waals surface area contributed by atoms with Crippen LogP contribution >= 0.6 is 0 Å². The molecule has 3 atom stereocenters. The van der Waals surface area contributed by atoms with Gasteiger partial charge in [-0.3, -0.25) is 9.48 Å². The summed E-state index contributed by atoms with van der Waals surface area (Å²) in [6, 6.07) is 14.8. The van der Waals surface area contributed by atoms with Crippen molar-refractivity contribution < 1.29 is 23.3 Å². The molecular weight excluding hydrogens is 483 g/mol. The van der Waals surface area contributed by atoms with E-state index in [0.717, 1.165) is 31.2 Å². The molecule has 2 heterocycles. The minimum Gasteiger partial charge on any atom is -0.381 e. The Morgan fingerprint density at radius 2 is 2.03 bits per heavy atom. The SMILES string of the molecule is Cn1nccc1C(=O)/[N+](C)=C/C(C(=O)Nc1ccc(C2CCOC2)c(F)c1)C1c2ccccc2CC12CC2. The van der Waals surface area contributed by atoms with Crippen molar-refractivity contribution in [3.8, 4) is 0 Å². The summed E-state index contributed by atoms with van der Waals surface area (Å²) < 4.78 is 23.4. The number of hydrogen-bond acceptors (Lipinski definition) is 4. The summed E-state index contributed by atoms with van der Waals surface area (Å²) in [5, 5.41) is 7.07. The van der Waals surface area contributed by atoms with E-state index in [1.165, 1.54) is 20.9 Å². The van der Waals surface area contributed by atoms with Gasteiger partial charge < -0.3 is 10.1 Å². The normalized spacial score (nSPS) is 22.3. The number of ether oxygens (including phenoxy) is 1. The van der Waals surface area contributed by atoms with Crippen LogP contribution in [0.4, 0.5) is 10.1 Å². The maximum absolute atomic E-state index is 15.0. The highest BCUT2D eigenvalue weighted by atomic mass is 19.1. The Bertz CT molecular complexity index is 1430. The maximum atomic E-state index is 15.0. The van der Waals surface area contributed by atoms with Gasteiger partial charge in [-0.25, -0.2) is 9.18 Å². The molecule has 8 heteroatoms. The first-order valence-electron chi connectivity index (χ1n) is 13.2. The van der Waals surface area contributed by atoms with Crippen molar-refractivity contribution in [2.24, 2.45) is 18.4 Å². The largest absolute Gasteiger partial charge is 0.437 e. The lowest BCUT2D eigenvalue weighted by molar-refractivity contribution is -0.392. The van der Waals surface area contributed by atoms with Crippen LogP contribution in [0.3, 0.4) is 0 Å². The van der Waals surface area contributed by atoms with Gasteiger partial charge in [0.25, 0.3) is 0 Å². The van der Waals surface area contributed by atoms with Crippen LogP contribution in [0.2, 0.25) is 0 Å².